The lowest BCUT2D eigenvalue weighted by molar-refractivity contribution is 0.278. The molecule has 0 amide bonds. The number of fused-ring (bicyclic) bond motifs is 1. The van der Waals surface area contributed by atoms with E-state index in [-0.39, 0.29) is 6.17 Å². The van der Waals surface area contributed by atoms with Crippen LogP contribution in [0.15, 0.2) is 0 Å². The molecule has 2 aliphatic rings. The lowest BCUT2D eigenvalue weighted by Gasteiger charge is -2.40. The normalized spacial score (nSPS) is 41.8. The summed E-state index contributed by atoms with van der Waals surface area (Å²) < 4.78 is 0. The number of hydrogen-bond donors (Lipinski definition) is 3. The number of hydrogen-bond acceptors (Lipinski definition) is 3. The Morgan fingerprint density at radius 3 is 2.67 bits per heavy atom. The van der Waals surface area contributed by atoms with Crippen molar-refractivity contribution in [1.29, 1.82) is 0 Å². The van der Waals surface area contributed by atoms with E-state index in [9.17, 15) is 0 Å². The number of piperazine rings is 1. The van der Waals surface area contributed by atoms with Crippen LogP contribution in [0.1, 0.15) is 25.7 Å². The van der Waals surface area contributed by atoms with Crippen molar-refractivity contribution < 1.29 is 0 Å². The van der Waals surface area contributed by atoms with E-state index in [0.717, 1.165) is 4.99 Å². The summed E-state index contributed by atoms with van der Waals surface area (Å²) in [4.78, 5) is 0.776. The predicted octanol–water partition coefficient (Wildman–Crippen LogP) is 0.103. The van der Waals surface area contributed by atoms with Crippen LogP contribution >= 0.6 is 12.2 Å². The van der Waals surface area contributed by atoms with Gasteiger partial charge in [-0.25, -0.2) is 0 Å². The van der Waals surface area contributed by atoms with Gasteiger partial charge in [0, 0.05) is 12.1 Å². The van der Waals surface area contributed by atoms with Crippen LogP contribution in [0.25, 0.3) is 0 Å². The van der Waals surface area contributed by atoms with Crippen LogP contribution in [0.2, 0.25) is 0 Å². The maximum atomic E-state index is 5.77. The fourth-order valence-corrected chi connectivity index (χ4v) is 2.30. The molecule has 12 heavy (non-hydrogen) atoms. The van der Waals surface area contributed by atoms with Gasteiger partial charge in [-0.3, -0.25) is 5.32 Å². The summed E-state index contributed by atoms with van der Waals surface area (Å²) in [6.45, 7) is 0. The van der Waals surface area contributed by atoms with Crippen molar-refractivity contribution in [2.24, 2.45) is 5.73 Å². The molecular formula is C8H15N3S. The zero-order valence-corrected chi connectivity index (χ0v) is 7.86. The smallest absolute Gasteiger partial charge is 0.107 e. The van der Waals surface area contributed by atoms with E-state index >= 15 is 0 Å². The van der Waals surface area contributed by atoms with Crippen LogP contribution in [0.4, 0.5) is 0 Å². The van der Waals surface area contributed by atoms with Gasteiger partial charge in [-0.2, -0.15) is 0 Å². The van der Waals surface area contributed by atoms with Crippen LogP contribution < -0.4 is 16.4 Å². The molecule has 0 aromatic rings. The number of nitrogens with two attached hydrogens (primary N) is 1. The third-order valence-corrected chi connectivity index (χ3v) is 3.14. The van der Waals surface area contributed by atoms with Gasteiger partial charge in [0.2, 0.25) is 0 Å². The van der Waals surface area contributed by atoms with Gasteiger partial charge in [0.05, 0.1) is 0 Å². The summed E-state index contributed by atoms with van der Waals surface area (Å²) in [6.07, 6.45) is 4.96. The van der Waals surface area contributed by atoms with Gasteiger partial charge < -0.3 is 11.1 Å². The zero-order valence-electron chi connectivity index (χ0n) is 7.05. The second-order valence-corrected chi connectivity index (χ2v) is 4.09. The van der Waals surface area contributed by atoms with E-state index in [2.05, 4.69) is 10.6 Å². The van der Waals surface area contributed by atoms with Gasteiger partial charge >= 0.3 is 0 Å². The quantitative estimate of drug-likeness (QED) is 0.469. The van der Waals surface area contributed by atoms with Gasteiger partial charge in [-0.15, -0.1) is 0 Å². The second kappa shape index (κ2) is 3.28. The molecule has 3 atom stereocenters. The zero-order chi connectivity index (χ0) is 8.55. The molecule has 3 nitrogen and oxygen atoms in total. The Balaban J connectivity index is 2.02. The molecule has 1 heterocycles. The van der Waals surface area contributed by atoms with Crippen molar-refractivity contribution in [3.8, 4) is 0 Å². The molecule has 1 aliphatic carbocycles. The molecule has 3 unspecified atom stereocenters. The molecule has 1 saturated carbocycles. The van der Waals surface area contributed by atoms with Crippen LogP contribution in [0.3, 0.4) is 0 Å². The van der Waals surface area contributed by atoms with Crippen molar-refractivity contribution in [2.75, 3.05) is 0 Å². The molecule has 0 spiro atoms. The van der Waals surface area contributed by atoms with E-state index in [1.165, 1.54) is 25.7 Å². The minimum atomic E-state index is -0.126. The van der Waals surface area contributed by atoms with Gasteiger partial charge in [0.25, 0.3) is 0 Å². The topological polar surface area (TPSA) is 50.1 Å². The molecule has 2 fully saturated rings. The average molecular weight is 185 g/mol. The van der Waals surface area contributed by atoms with E-state index < -0.39 is 0 Å². The highest BCUT2D eigenvalue weighted by Crippen LogP contribution is 2.20. The Morgan fingerprint density at radius 2 is 1.92 bits per heavy atom. The van der Waals surface area contributed by atoms with Crippen LogP contribution in [0.5, 0.6) is 0 Å². The maximum absolute atomic E-state index is 5.77. The Labute approximate surface area is 78.1 Å². The largest absolute Gasteiger partial charge is 0.373 e. The SMILES string of the molecule is NC1NC2CCCCC2NC1=S. The monoisotopic (exact) mass is 185 g/mol. The molecule has 1 aliphatic heterocycles. The summed E-state index contributed by atoms with van der Waals surface area (Å²) in [7, 11) is 0. The molecule has 1 saturated heterocycles. The molecule has 4 heteroatoms. The minimum Gasteiger partial charge on any atom is -0.373 e. The van der Waals surface area contributed by atoms with E-state index in [1.54, 1.807) is 0 Å². The molecule has 68 valence electrons. The van der Waals surface area contributed by atoms with Crippen molar-refractivity contribution >= 4 is 17.2 Å². The van der Waals surface area contributed by atoms with E-state index in [1.807, 2.05) is 0 Å². The van der Waals surface area contributed by atoms with Crippen molar-refractivity contribution in [1.82, 2.24) is 10.6 Å². The number of thiocarbonyl (C=S) groups is 1. The standard InChI is InChI=1S/C8H15N3S/c9-7-8(12)11-6-4-2-1-3-5(6)10-7/h5-7,10H,1-4,9H2,(H,11,12). The summed E-state index contributed by atoms with van der Waals surface area (Å²) in [5, 5.41) is 6.65. The highest BCUT2D eigenvalue weighted by Gasteiger charge is 2.32. The number of rotatable bonds is 0. The highest BCUT2D eigenvalue weighted by molar-refractivity contribution is 7.80. The lowest BCUT2D eigenvalue weighted by Crippen LogP contribution is -2.66. The number of nitrogens with one attached hydrogen (secondary N) is 2. The Bertz CT molecular complexity index is 195. The molecule has 0 bridgehead atoms. The van der Waals surface area contributed by atoms with Crippen LogP contribution in [0, 0.1) is 0 Å². The summed E-state index contributed by atoms with van der Waals surface area (Å²) >= 11 is 5.10. The third kappa shape index (κ3) is 1.46. The average Bonchev–Trinajstić information content (AvgIpc) is 2.07. The van der Waals surface area contributed by atoms with Gasteiger partial charge in [0.15, 0.2) is 0 Å². The van der Waals surface area contributed by atoms with Crippen LogP contribution in [-0.2, 0) is 0 Å². The van der Waals surface area contributed by atoms with Crippen molar-refractivity contribution in [3.63, 3.8) is 0 Å². The summed E-state index contributed by atoms with van der Waals surface area (Å²) in [5.41, 5.74) is 5.77. The van der Waals surface area contributed by atoms with Crippen molar-refractivity contribution in [2.45, 2.75) is 43.9 Å². The molecule has 4 N–H and O–H groups in total. The van der Waals surface area contributed by atoms with Gasteiger partial charge in [-0.1, -0.05) is 25.1 Å². The summed E-state index contributed by atoms with van der Waals surface area (Å²) in [5.74, 6) is 0. The molecule has 2 rings (SSSR count). The Morgan fingerprint density at radius 1 is 1.25 bits per heavy atom. The van der Waals surface area contributed by atoms with Crippen LogP contribution in [-0.4, -0.2) is 23.2 Å². The predicted molar refractivity (Wildman–Crippen MR) is 52.9 cm³/mol. The first kappa shape index (κ1) is 8.41. The molecule has 0 aromatic carbocycles. The van der Waals surface area contributed by atoms with E-state index in [0.29, 0.717) is 12.1 Å². The van der Waals surface area contributed by atoms with Gasteiger partial charge in [-0.05, 0) is 12.8 Å². The lowest BCUT2D eigenvalue weighted by atomic mass is 9.88. The summed E-state index contributed by atoms with van der Waals surface area (Å²) in [6, 6.07) is 1.08. The second-order valence-electron chi connectivity index (χ2n) is 3.65. The first-order valence-electron chi connectivity index (χ1n) is 4.59. The highest BCUT2D eigenvalue weighted by atomic mass is 32.1. The fourth-order valence-electron chi connectivity index (χ4n) is 2.08. The first-order chi connectivity index (χ1) is 5.77. The fraction of sp³-hybridized carbons (Fsp3) is 0.875. The van der Waals surface area contributed by atoms with E-state index in [4.69, 9.17) is 18.0 Å². The third-order valence-electron chi connectivity index (χ3n) is 2.77. The minimum absolute atomic E-state index is 0.126. The first-order valence-corrected chi connectivity index (χ1v) is 5.00. The molecule has 0 aromatic heterocycles. The maximum Gasteiger partial charge on any atom is 0.107 e. The molecule has 0 radical (unpaired) electrons. The molecular weight excluding hydrogens is 170 g/mol. The Hall–Kier alpha value is -0.190. The Kier molecular flexibility index (Phi) is 2.30. The van der Waals surface area contributed by atoms with Crippen molar-refractivity contribution in [3.05, 3.63) is 0 Å². The van der Waals surface area contributed by atoms with Gasteiger partial charge in [0.1, 0.15) is 11.2 Å².